The van der Waals surface area contributed by atoms with Gasteiger partial charge in [0.05, 0.1) is 24.4 Å². The normalized spacial score (nSPS) is 26.1. The predicted molar refractivity (Wildman–Crippen MR) is 68.6 cm³/mol. The number of carbonyl (C=O) groups is 1. The third-order valence-corrected chi connectivity index (χ3v) is 3.19. The van der Waals surface area contributed by atoms with Crippen LogP contribution in [0.15, 0.2) is 0 Å². The van der Waals surface area contributed by atoms with Gasteiger partial charge in [-0.05, 0) is 33.6 Å². The maximum atomic E-state index is 12.2. The number of nitrogens with one attached hydrogen (secondary N) is 1. The van der Waals surface area contributed by atoms with Gasteiger partial charge in [-0.15, -0.1) is 0 Å². The quantitative estimate of drug-likeness (QED) is 0.796. The maximum absolute atomic E-state index is 12.2. The van der Waals surface area contributed by atoms with E-state index in [9.17, 15) is 4.79 Å². The number of rotatable bonds is 5. The molecular formula is C13H26N2O2. The Morgan fingerprint density at radius 3 is 2.47 bits per heavy atom. The SMILES string of the molecule is CCOC(C)(C)CN1C(=O)C(C(C)C)NC1C. The molecule has 4 heteroatoms. The second kappa shape index (κ2) is 5.36. The smallest absolute Gasteiger partial charge is 0.241 e. The average Bonchev–Trinajstić information content (AvgIpc) is 2.45. The van der Waals surface area contributed by atoms with Crippen LogP contribution in [0.25, 0.3) is 0 Å². The molecule has 0 aliphatic carbocycles. The summed E-state index contributed by atoms with van der Waals surface area (Å²) in [6, 6.07) is -0.0533. The molecule has 2 atom stereocenters. The molecule has 1 aliphatic rings. The highest BCUT2D eigenvalue weighted by Crippen LogP contribution is 2.21. The summed E-state index contributed by atoms with van der Waals surface area (Å²) in [7, 11) is 0. The Kier molecular flexibility index (Phi) is 4.55. The lowest BCUT2D eigenvalue weighted by atomic mass is 10.0. The standard InChI is InChI=1S/C13H26N2O2/c1-7-17-13(5,6)8-15-10(4)14-11(9(2)3)12(15)16/h9-11,14H,7-8H2,1-6H3. The van der Waals surface area contributed by atoms with Gasteiger partial charge in [-0.3, -0.25) is 10.1 Å². The predicted octanol–water partition coefficient (Wildman–Crippen LogP) is 1.60. The van der Waals surface area contributed by atoms with Gasteiger partial charge in [-0.2, -0.15) is 0 Å². The number of hydrogen-bond donors (Lipinski definition) is 1. The van der Waals surface area contributed by atoms with Crippen LogP contribution < -0.4 is 5.32 Å². The van der Waals surface area contributed by atoms with Crippen molar-refractivity contribution in [1.29, 1.82) is 0 Å². The van der Waals surface area contributed by atoms with Crippen LogP contribution in [0.1, 0.15) is 41.5 Å². The number of carbonyl (C=O) groups excluding carboxylic acids is 1. The van der Waals surface area contributed by atoms with E-state index in [-0.39, 0.29) is 23.7 Å². The first kappa shape index (κ1) is 14.5. The summed E-state index contributed by atoms with van der Waals surface area (Å²) >= 11 is 0. The number of nitrogens with zero attached hydrogens (tertiary/aromatic N) is 1. The Hall–Kier alpha value is -0.610. The second-order valence-electron chi connectivity index (χ2n) is 5.72. The zero-order valence-corrected chi connectivity index (χ0v) is 11.9. The molecule has 1 N–H and O–H groups in total. The number of amides is 1. The van der Waals surface area contributed by atoms with Gasteiger partial charge in [0.1, 0.15) is 0 Å². The highest BCUT2D eigenvalue weighted by Gasteiger charge is 2.40. The summed E-state index contributed by atoms with van der Waals surface area (Å²) in [6.45, 7) is 13.5. The monoisotopic (exact) mass is 242 g/mol. The molecule has 1 fully saturated rings. The van der Waals surface area contributed by atoms with E-state index in [1.165, 1.54) is 0 Å². The molecule has 1 rings (SSSR count). The molecule has 1 heterocycles. The van der Waals surface area contributed by atoms with E-state index < -0.39 is 0 Å². The second-order valence-corrected chi connectivity index (χ2v) is 5.72. The van der Waals surface area contributed by atoms with Crippen molar-refractivity contribution >= 4 is 5.91 Å². The summed E-state index contributed by atoms with van der Waals surface area (Å²) in [5.74, 6) is 0.519. The van der Waals surface area contributed by atoms with Gasteiger partial charge < -0.3 is 9.64 Å². The van der Waals surface area contributed by atoms with Crippen LogP contribution in [0.5, 0.6) is 0 Å². The molecule has 1 saturated heterocycles. The summed E-state index contributed by atoms with van der Waals surface area (Å²) < 4.78 is 5.66. The summed E-state index contributed by atoms with van der Waals surface area (Å²) in [5.41, 5.74) is -0.285. The zero-order valence-electron chi connectivity index (χ0n) is 11.9. The largest absolute Gasteiger partial charge is 0.374 e. The van der Waals surface area contributed by atoms with Crippen molar-refractivity contribution in [1.82, 2.24) is 10.2 Å². The molecule has 0 saturated carbocycles. The fraction of sp³-hybridized carbons (Fsp3) is 0.923. The van der Waals surface area contributed by atoms with Gasteiger partial charge in [0.2, 0.25) is 5.91 Å². The van der Waals surface area contributed by atoms with Crippen LogP contribution in [0.4, 0.5) is 0 Å². The van der Waals surface area contributed by atoms with E-state index in [1.807, 2.05) is 32.6 Å². The Morgan fingerprint density at radius 1 is 1.47 bits per heavy atom. The fourth-order valence-corrected chi connectivity index (χ4v) is 2.33. The highest BCUT2D eigenvalue weighted by molar-refractivity contribution is 5.84. The molecule has 0 radical (unpaired) electrons. The Balaban J connectivity index is 2.69. The molecule has 1 amide bonds. The van der Waals surface area contributed by atoms with Crippen LogP contribution in [0.2, 0.25) is 0 Å². The molecule has 0 aromatic carbocycles. The summed E-state index contributed by atoms with van der Waals surface area (Å²) in [6.07, 6.45) is 0.0923. The van der Waals surface area contributed by atoms with Crippen LogP contribution in [-0.2, 0) is 9.53 Å². The van der Waals surface area contributed by atoms with E-state index in [2.05, 4.69) is 19.2 Å². The molecule has 0 spiro atoms. The Bertz CT molecular complexity index is 277. The van der Waals surface area contributed by atoms with Gasteiger partial charge in [0, 0.05) is 6.61 Å². The molecular weight excluding hydrogens is 216 g/mol. The molecule has 1 aliphatic heterocycles. The molecule has 17 heavy (non-hydrogen) atoms. The van der Waals surface area contributed by atoms with Crippen LogP contribution in [0, 0.1) is 5.92 Å². The van der Waals surface area contributed by atoms with Crippen molar-refractivity contribution in [3.63, 3.8) is 0 Å². The molecule has 0 bridgehead atoms. The maximum Gasteiger partial charge on any atom is 0.241 e. The van der Waals surface area contributed by atoms with Crippen LogP contribution in [0.3, 0.4) is 0 Å². The molecule has 2 unspecified atom stereocenters. The molecule has 0 aromatic rings. The third kappa shape index (κ3) is 3.42. The van der Waals surface area contributed by atoms with Gasteiger partial charge in [-0.1, -0.05) is 13.8 Å². The van der Waals surface area contributed by atoms with Crippen molar-refractivity contribution < 1.29 is 9.53 Å². The minimum atomic E-state index is -0.285. The van der Waals surface area contributed by atoms with Crippen molar-refractivity contribution in [2.45, 2.75) is 59.4 Å². The van der Waals surface area contributed by atoms with Crippen LogP contribution in [-0.4, -0.2) is 41.8 Å². The fourth-order valence-electron chi connectivity index (χ4n) is 2.33. The van der Waals surface area contributed by atoms with Gasteiger partial charge >= 0.3 is 0 Å². The molecule has 4 nitrogen and oxygen atoms in total. The number of hydrogen-bond acceptors (Lipinski definition) is 3. The van der Waals surface area contributed by atoms with Gasteiger partial charge in [-0.25, -0.2) is 0 Å². The minimum absolute atomic E-state index is 0.0533. The van der Waals surface area contributed by atoms with Crippen molar-refractivity contribution in [2.24, 2.45) is 5.92 Å². The van der Waals surface area contributed by atoms with Crippen molar-refractivity contribution in [3.8, 4) is 0 Å². The lowest BCUT2D eigenvalue weighted by molar-refractivity contribution is -0.134. The van der Waals surface area contributed by atoms with Gasteiger partial charge in [0.25, 0.3) is 0 Å². The van der Waals surface area contributed by atoms with E-state index >= 15 is 0 Å². The third-order valence-electron chi connectivity index (χ3n) is 3.19. The first-order valence-corrected chi connectivity index (χ1v) is 6.49. The van der Waals surface area contributed by atoms with E-state index in [0.29, 0.717) is 19.1 Å². The zero-order chi connectivity index (χ0) is 13.2. The van der Waals surface area contributed by atoms with E-state index in [0.717, 1.165) is 0 Å². The highest BCUT2D eigenvalue weighted by atomic mass is 16.5. The summed E-state index contributed by atoms with van der Waals surface area (Å²) in [4.78, 5) is 14.1. The topological polar surface area (TPSA) is 41.6 Å². The van der Waals surface area contributed by atoms with Gasteiger partial charge in [0.15, 0.2) is 0 Å². The minimum Gasteiger partial charge on any atom is -0.374 e. The Labute approximate surface area is 105 Å². The first-order valence-electron chi connectivity index (χ1n) is 6.49. The van der Waals surface area contributed by atoms with Crippen LogP contribution >= 0.6 is 0 Å². The summed E-state index contributed by atoms with van der Waals surface area (Å²) in [5, 5.41) is 3.34. The first-order chi connectivity index (χ1) is 7.78. The van der Waals surface area contributed by atoms with Crippen molar-refractivity contribution in [2.75, 3.05) is 13.2 Å². The lowest BCUT2D eigenvalue weighted by Crippen LogP contribution is -2.45. The molecule has 100 valence electrons. The van der Waals surface area contributed by atoms with E-state index in [4.69, 9.17) is 4.74 Å². The van der Waals surface area contributed by atoms with Crippen molar-refractivity contribution in [3.05, 3.63) is 0 Å². The van der Waals surface area contributed by atoms with E-state index in [1.54, 1.807) is 0 Å². The average molecular weight is 242 g/mol. The molecule has 0 aromatic heterocycles. The Morgan fingerprint density at radius 2 is 2.06 bits per heavy atom. The number of ether oxygens (including phenoxy) is 1. The lowest BCUT2D eigenvalue weighted by Gasteiger charge is -2.32.